The number of amides is 1. The molecule has 1 fully saturated rings. The van der Waals surface area contributed by atoms with E-state index in [0.717, 1.165) is 17.7 Å². The lowest BCUT2D eigenvalue weighted by atomic mass is 9.88. The number of hydrogen-bond donors (Lipinski definition) is 1. The van der Waals surface area contributed by atoms with Crippen LogP contribution in [0.1, 0.15) is 46.0 Å². The summed E-state index contributed by atoms with van der Waals surface area (Å²) >= 11 is 0. The topological polar surface area (TPSA) is 62.3 Å². The minimum absolute atomic E-state index is 0.0583. The molecule has 0 saturated carbocycles. The van der Waals surface area contributed by atoms with E-state index in [1.165, 1.54) is 12.1 Å². The van der Waals surface area contributed by atoms with Gasteiger partial charge in [-0.15, -0.1) is 0 Å². The molecule has 6 heteroatoms. The summed E-state index contributed by atoms with van der Waals surface area (Å²) in [5.41, 5.74) is 3.86. The van der Waals surface area contributed by atoms with Crippen LogP contribution in [0.15, 0.2) is 67.0 Å². The number of benzene rings is 2. The molecule has 1 aromatic heterocycles. The molecule has 3 aromatic rings. The number of ketones is 1. The highest BCUT2D eigenvalue weighted by Crippen LogP contribution is 2.32. The number of piperidine rings is 1. The number of aryl methyl sites for hydroxylation is 1. The van der Waals surface area contributed by atoms with Gasteiger partial charge in [0.1, 0.15) is 5.82 Å². The zero-order valence-electron chi connectivity index (χ0n) is 18.1. The molecule has 0 bridgehead atoms. The molecular weight excluding hydrogens is 405 g/mol. The molecule has 0 atom stereocenters. The molecule has 2 heterocycles. The van der Waals surface area contributed by atoms with Crippen LogP contribution in [0, 0.1) is 11.7 Å². The minimum atomic E-state index is -0.343. The molecule has 5 nitrogen and oxygen atoms in total. The number of Topliss-reactive ketones (excluding diaryl/α,β-unsaturated/α-hetero) is 1. The molecule has 0 spiro atoms. The Balaban J connectivity index is 1.52. The van der Waals surface area contributed by atoms with Crippen molar-refractivity contribution in [3.05, 3.63) is 89.5 Å². The summed E-state index contributed by atoms with van der Waals surface area (Å²) in [4.78, 5) is 32.2. The van der Waals surface area contributed by atoms with E-state index in [-0.39, 0.29) is 23.4 Å². The molecule has 0 aliphatic carbocycles. The summed E-state index contributed by atoms with van der Waals surface area (Å²) in [6, 6.07) is 15.1. The number of nitrogens with one attached hydrogen (secondary N) is 1. The van der Waals surface area contributed by atoms with Gasteiger partial charge in [0.05, 0.1) is 23.1 Å². The van der Waals surface area contributed by atoms with E-state index in [1.54, 1.807) is 36.7 Å². The largest absolute Gasteiger partial charge is 0.371 e. The molecular formula is C26H26FN3O2. The highest BCUT2D eigenvalue weighted by atomic mass is 19.1. The second-order valence-corrected chi connectivity index (χ2v) is 8.00. The number of rotatable bonds is 6. The molecule has 1 aliphatic rings. The predicted molar refractivity (Wildman–Crippen MR) is 124 cm³/mol. The van der Waals surface area contributed by atoms with Crippen LogP contribution in [-0.4, -0.2) is 29.8 Å². The van der Waals surface area contributed by atoms with Gasteiger partial charge < -0.3 is 10.2 Å². The van der Waals surface area contributed by atoms with Crippen LogP contribution >= 0.6 is 0 Å². The lowest BCUT2D eigenvalue weighted by molar-refractivity contribution is 0.0899. The first-order valence-electron chi connectivity index (χ1n) is 10.9. The molecule has 1 aliphatic heterocycles. The average Bonchev–Trinajstić information content (AvgIpc) is 2.84. The summed E-state index contributed by atoms with van der Waals surface area (Å²) < 4.78 is 13.2. The van der Waals surface area contributed by atoms with Crippen LogP contribution in [0.25, 0.3) is 0 Å². The van der Waals surface area contributed by atoms with E-state index in [4.69, 9.17) is 0 Å². The Hall–Kier alpha value is -3.54. The van der Waals surface area contributed by atoms with Gasteiger partial charge in [0.25, 0.3) is 5.91 Å². The zero-order valence-corrected chi connectivity index (χ0v) is 18.1. The maximum atomic E-state index is 13.2. The number of para-hydroxylation sites is 1. The Morgan fingerprint density at radius 3 is 2.47 bits per heavy atom. The van der Waals surface area contributed by atoms with Crippen molar-refractivity contribution in [2.75, 3.05) is 23.3 Å². The molecule has 164 valence electrons. The van der Waals surface area contributed by atoms with Crippen LogP contribution in [-0.2, 0) is 6.42 Å². The first-order valence-corrected chi connectivity index (χ1v) is 10.9. The van der Waals surface area contributed by atoms with Crippen LogP contribution in [0.2, 0.25) is 0 Å². The van der Waals surface area contributed by atoms with Crippen LogP contribution in [0.3, 0.4) is 0 Å². The number of carbonyl (C=O) groups is 2. The number of anilines is 2. The Morgan fingerprint density at radius 2 is 1.81 bits per heavy atom. The molecule has 1 amide bonds. The number of nitrogens with zero attached hydrogens (tertiary/aromatic N) is 2. The Kier molecular flexibility index (Phi) is 6.59. The Labute approximate surface area is 187 Å². The van der Waals surface area contributed by atoms with Gasteiger partial charge in [-0.2, -0.15) is 0 Å². The Bertz CT molecular complexity index is 1090. The van der Waals surface area contributed by atoms with Crippen molar-refractivity contribution < 1.29 is 14.0 Å². The summed E-state index contributed by atoms with van der Waals surface area (Å²) in [6.45, 7) is 3.44. The maximum absolute atomic E-state index is 13.2. The van der Waals surface area contributed by atoms with E-state index in [2.05, 4.69) is 22.1 Å². The van der Waals surface area contributed by atoms with Gasteiger partial charge in [-0.1, -0.05) is 19.1 Å². The van der Waals surface area contributed by atoms with Gasteiger partial charge in [-0.25, -0.2) is 4.39 Å². The number of carbonyl (C=O) groups excluding carboxylic acids is 2. The van der Waals surface area contributed by atoms with Crippen LogP contribution in [0.5, 0.6) is 0 Å². The van der Waals surface area contributed by atoms with Gasteiger partial charge in [0.2, 0.25) is 0 Å². The molecule has 1 saturated heterocycles. The summed E-state index contributed by atoms with van der Waals surface area (Å²) in [6.07, 6.45) is 5.47. The van der Waals surface area contributed by atoms with Crippen LogP contribution < -0.4 is 10.2 Å². The first-order chi connectivity index (χ1) is 15.6. The number of aromatic nitrogens is 1. The monoisotopic (exact) mass is 431 g/mol. The molecule has 4 rings (SSSR count). The predicted octanol–water partition coefficient (Wildman–Crippen LogP) is 5.13. The standard InChI is InChI=1S/C26H26FN3O2/c1-2-18-5-3-7-23(26(32)29-22-6-4-14-28-17-22)24(18)30-15-12-20(13-16-30)25(31)19-8-10-21(27)11-9-19/h3-11,14,17,20H,2,12-13,15-16H2,1H3,(H,29,32). The lowest BCUT2D eigenvalue weighted by Crippen LogP contribution is -2.38. The highest BCUT2D eigenvalue weighted by Gasteiger charge is 2.28. The molecule has 2 aromatic carbocycles. The van der Waals surface area contributed by atoms with Crippen molar-refractivity contribution in [3.63, 3.8) is 0 Å². The van der Waals surface area contributed by atoms with Gasteiger partial charge in [0, 0.05) is 30.8 Å². The first kappa shape index (κ1) is 21.7. The van der Waals surface area contributed by atoms with E-state index >= 15 is 0 Å². The minimum Gasteiger partial charge on any atom is -0.371 e. The van der Waals surface area contributed by atoms with E-state index in [0.29, 0.717) is 42.7 Å². The number of halogens is 1. The average molecular weight is 432 g/mol. The second kappa shape index (κ2) is 9.73. The van der Waals surface area contributed by atoms with Crippen molar-refractivity contribution in [1.29, 1.82) is 0 Å². The third-order valence-electron chi connectivity index (χ3n) is 5.98. The Morgan fingerprint density at radius 1 is 1.06 bits per heavy atom. The summed E-state index contributed by atoms with van der Waals surface area (Å²) in [5, 5.41) is 2.93. The van der Waals surface area contributed by atoms with Gasteiger partial charge in [-0.3, -0.25) is 14.6 Å². The van der Waals surface area contributed by atoms with Crippen molar-refractivity contribution in [2.45, 2.75) is 26.2 Å². The van der Waals surface area contributed by atoms with Crippen molar-refractivity contribution in [2.24, 2.45) is 5.92 Å². The third kappa shape index (κ3) is 4.69. The van der Waals surface area contributed by atoms with Gasteiger partial charge in [-0.05, 0) is 67.3 Å². The highest BCUT2D eigenvalue weighted by molar-refractivity contribution is 6.08. The fourth-order valence-electron chi connectivity index (χ4n) is 4.28. The van der Waals surface area contributed by atoms with Gasteiger partial charge in [0.15, 0.2) is 5.78 Å². The quantitative estimate of drug-likeness (QED) is 0.550. The molecule has 1 N–H and O–H groups in total. The smallest absolute Gasteiger partial charge is 0.257 e. The van der Waals surface area contributed by atoms with E-state index < -0.39 is 0 Å². The van der Waals surface area contributed by atoms with Gasteiger partial charge >= 0.3 is 0 Å². The van der Waals surface area contributed by atoms with E-state index in [9.17, 15) is 14.0 Å². The second-order valence-electron chi connectivity index (χ2n) is 8.00. The number of pyridine rings is 1. The zero-order chi connectivity index (χ0) is 22.5. The summed E-state index contributed by atoms with van der Waals surface area (Å²) in [5.74, 6) is -0.557. The van der Waals surface area contributed by atoms with Crippen LogP contribution in [0.4, 0.5) is 15.8 Å². The lowest BCUT2D eigenvalue weighted by Gasteiger charge is -2.35. The molecule has 32 heavy (non-hydrogen) atoms. The van der Waals surface area contributed by atoms with Crippen molar-refractivity contribution >= 4 is 23.1 Å². The van der Waals surface area contributed by atoms with E-state index in [1.807, 2.05) is 18.2 Å². The number of hydrogen-bond acceptors (Lipinski definition) is 4. The fourth-order valence-corrected chi connectivity index (χ4v) is 4.28. The third-order valence-corrected chi connectivity index (χ3v) is 5.98. The van der Waals surface area contributed by atoms with Crippen molar-refractivity contribution in [1.82, 2.24) is 4.98 Å². The maximum Gasteiger partial charge on any atom is 0.257 e. The molecule has 0 radical (unpaired) electrons. The fraction of sp³-hybridized carbons (Fsp3) is 0.269. The normalized spacial score (nSPS) is 14.2. The summed E-state index contributed by atoms with van der Waals surface area (Å²) in [7, 11) is 0. The van der Waals surface area contributed by atoms with Crippen molar-refractivity contribution in [3.8, 4) is 0 Å². The molecule has 0 unspecified atom stereocenters. The SMILES string of the molecule is CCc1cccc(C(=O)Nc2cccnc2)c1N1CCC(C(=O)c2ccc(F)cc2)CC1.